The molecule has 1 heterocycles. The normalized spacial score (nSPS) is 12.2. The minimum atomic E-state index is -0.193. The molecule has 1 atom stereocenters. The molecule has 4 heteroatoms. The topological polar surface area (TPSA) is 56.2 Å². The van der Waals surface area contributed by atoms with Gasteiger partial charge in [-0.3, -0.25) is 4.79 Å². The summed E-state index contributed by atoms with van der Waals surface area (Å²) in [6.45, 7) is 3.29. The van der Waals surface area contributed by atoms with Gasteiger partial charge in [-0.2, -0.15) is 4.57 Å². The van der Waals surface area contributed by atoms with Crippen molar-refractivity contribution in [3.63, 3.8) is 0 Å². The van der Waals surface area contributed by atoms with Crippen LogP contribution < -0.4 is 10.3 Å². The first-order valence-corrected chi connectivity index (χ1v) is 8.05. The summed E-state index contributed by atoms with van der Waals surface area (Å²) in [6, 6.07) is 5.90. The van der Waals surface area contributed by atoms with Crippen molar-refractivity contribution in [2.45, 2.75) is 58.6 Å². The van der Waals surface area contributed by atoms with Gasteiger partial charge >= 0.3 is 0 Å². The van der Waals surface area contributed by atoms with E-state index in [1.54, 1.807) is 0 Å². The number of hydrogen-bond acceptors (Lipinski definition) is 2. The Balaban J connectivity index is 2.14. The number of carbonyl (C=O) groups is 1. The molecule has 0 aliphatic heterocycles. The van der Waals surface area contributed by atoms with Crippen LogP contribution in [0.1, 0.15) is 51.9 Å². The van der Waals surface area contributed by atoms with Crippen molar-refractivity contribution in [2.75, 3.05) is 6.61 Å². The third kappa shape index (κ3) is 8.45. The van der Waals surface area contributed by atoms with E-state index in [4.69, 9.17) is 10.5 Å². The van der Waals surface area contributed by atoms with E-state index >= 15 is 0 Å². The summed E-state index contributed by atoms with van der Waals surface area (Å²) in [5.74, 6) is -0.242. The zero-order valence-corrected chi connectivity index (χ0v) is 13.2. The summed E-state index contributed by atoms with van der Waals surface area (Å²) in [7, 11) is 0. The number of unbranched alkanes of at least 4 members (excludes halogenated alkanes) is 4. The highest BCUT2D eigenvalue weighted by Gasteiger charge is 2.14. The van der Waals surface area contributed by atoms with Gasteiger partial charge in [-0.25, -0.2) is 0 Å². The van der Waals surface area contributed by atoms with Crippen molar-refractivity contribution in [3.8, 4) is 0 Å². The lowest BCUT2D eigenvalue weighted by Gasteiger charge is -2.12. The van der Waals surface area contributed by atoms with Crippen LogP contribution in [0.25, 0.3) is 0 Å². The quantitative estimate of drug-likeness (QED) is 0.476. The largest absolute Gasteiger partial charge is 0.369 e. The van der Waals surface area contributed by atoms with Gasteiger partial charge in [-0.15, -0.1) is 0 Å². The Bertz CT molecular complexity index is 382. The van der Waals surface area contributed by atoms with Gasteiger partial charge in [0.1, 0.15) is 0 Å². The second-order valence-electron chi connectivity index (χ2n) is 5.52. The third-order valence-corrected chi connectivity index (χ3v) is 3.69. The van der Waals surface area contributed by atoms with E-state index in [1.807, 2.05) is 35.2 Å². The van der Waals surface area contributed by atoms with Crippen LogP contribution in [0.3, 0.4) is 0 Å². The molecule has 1 amide bonds. The second-order valence-corrected chi connectivity index (χ2v) is 5.52. The first-order chi connectivity index (χ1) is 10.2. The van der Waals surface area contributed by atoms with Crippen LogP contribution in [0.2, 0.25) is 0 Å². The first-order valence-electron chi connectivity index (χ1n) is 8.05. The van der Waals surface area contributed by atoms with Gasteiger partial charge in [0.15, 0.2) is 12.4 Å². The zero-order chi connectivity index (χ0) is 15.3. The van der Waals surface area contributed by atoms with Crippen molar-refractivity contribution < 1.29 is 14.1 Å². The van der Waals surface area contributed by atoms with Crippen molar-refractivity contribution in [3.05, 3.63) is 30.6 Å². The second kappa shape index (κ2) is 11.3. The maximum atomic E-state index is 11.4. The van der Waals surface area contributed by atoms with Crippen molar-refractivity contribution in [1.29, 1.82) is 0 Å². The summed E-state index contributed by atoms with van der Waals surface area (Å²) < 4.78 is 7.56. The summed E-state index contributed by atoms with van der Waals surface area (Å²) in [4.78, 5) is 11.4. The molecule has 0 bridgehead atoms. The number of primary amides is 1. The van der Waals surface area contributed by atoms with Gasteiger partial charge < -0.3 is 10.5 Å². The van der Waals surface area contributed by atoms with Gasteiger partial charge in [-0.1, -0.05) is 45.1 Å². The number of hydrogen-bond donors (Lipinski definition) is 1. The fraction of sp³-hybridized carbons (Fsp3) is 0.647. The van der Waals surface area contributed by atoms with Crippen molar-refractivity contribution in [1.82, 2.24) is 0 Å². The van der Waals surface area contributed by atoms with Gasteiger partial charge in [0.2, 0.25) is 5.91 Å². The lowest BCUT2D eigenvalue weighted by molar-refractivity contribution is -0.732. The summed E-state index contributed by atoms with van der Waals surface area (Å²) in [6.07, 6.45) is 11.6. The Morgan fingerprint density at radius 3 is 2.48 bits per heavy atom. The third-order valence-electron chi connectivity index (χ3n) is 3.69. The first kappa shape index (κ1) is 17.6. The highest BCUT2D eigenvalue weighted by atomic mass is 16.5. The molecular weight excluding hydrogens is 264 g/mol. The van der Waals surface area contributed by atoms with Crippen LogP contribution in [0, 0.1) is 5.92 Å². The molecule has 0 saturated heterocycles. The fourth-order valence-electron chi connectivity index (χ4n) is 2.34. The summed E-state index contributed by atoms with van der Waals surface area (Å²) in [5, 5.41) is 0. The summed E-state index contributed by atoms with van der Waals surface area (Å²) in [5.41, 5.74) is 5.47. The number of nitrogens with two attached hydrogens (primary N) is 1. The Morgan fingerprint density at radius 2 is 1.81 bits per heavy atom. The van der Waals surface area contributed by atoms with E-state index in [0.717, 1.165) is 19.3 Å². The number of pyridine rings is 1. The maximum absolute atomic E-state index is 11.4. The Labute approximate surface area is 128 Å². The van der Waals surface area contributed by atoms with Crippen LogP contribution in [0.4, 0.5) is 0 Å². The molecule has 21 heavy (non-hydrogen) atoms. The lowest BCUT2D eigenvalue weighted by Crippen LogP contribution is -2.34. The standard InChI is InChI=1S/C17H28N2O2/c1-2-3-4-5-7-10-16(17(18)20)11-14-21-15-19-12-8-6-9-13-19/h6,8-9,12-13,16H,2-5,7,10-11,14-15H2,1H3,(H-,18,20)/p+1. The highest BCUT2D eigenvalue weighted by molar-refractivity contribution is 5.76. The molecule has 0 radical (unpaired) electrons. The Kier molecular flexibility index (Phi) is 9.46. The number of carbonyl (C=O) groups excluding carboxylic acids is 1. The Hall–Kier alpha value is -1.42. The molecule has 4 nitrogen and oxygen atoms in total. The number of ether oxygens (including phenoxy) is 1. The number of rotatable bonds is 12. The molecule has 0 aromatic carbocycles. The van der Waals surface area contributed by atoms with Crippen LogP contribution >= 0.6 is 0 Å². The molecule has 1 unspecified atom stereocenters. The molecule has 1 aromatic rings. The van der Waals surface area contributed by atoms with Crippen molar-refractivity contribution >= 4 is 5.91 Å². The molecule has 2 N–H and O–H groups in total. The highest BCUT2D eigenvalue weighted by Crippen LogP contribution is 2.14. The zero-order valence-electron chi connectivity index (χ0n) is 13.2. The molecule has 0 aliphatic rings. The van der Waals surface area contributed by atoms with Gasteiger partial charge in [-0.05, 0) is 12.8 Å². The minimum Gasteiger partial charge on any atom is -0.369 e. The fourth-order valence-corrected chi connectivity index (χ4v) is 2.34. The van der Waals surface area contributed by atoms with E-state index < -0.39 is 0 Å². The molecule has 0 spiro atoms. The van der Waals surface area contributed by atoms with Crippen LogP contribution in [0.5, 0.6) is 0 Å². The molecule has 118 valence electrons. The minimum absolute atomic E-state index is 0.0487. The van der Waals surface area contributed by atoms with Crippen LogP contribution in [-0.2, 0) is 16.3 Å². The maximum Gasteiger partial charge on any atom is 0.252 e. The predicted molar refractivity (Wildman–Crippen MR) is 83.3 cm³/mol. The SMILES string of the molecule is CCCCCCCC(CCOC[n+]1ccccc1)C(N)=O. The van der Waals surface area contributed by atoms with Crippen LogP contribution in [0.15, 0.2) is 30.6 Å². The predicted octanol–water partition coefficient (Wildman–Crippen LogP) is 2.80. The number of aromatic nitrogens is 1. The van der Waals surface area contributed by atoms with Crippen molar-refractivity contribution in [2.24, 2.45) is 11.7 Å². The molecular formula is C17H29N2O2+. The number of amides is 1. The molecule has 0 saturated carbocycles. The molecule has 1 aromatic heterocycles. The van der Waals surface area contributed by atoms with E-state index in [1.165, 1.54) is 25.7 Å². The summed E-state index contributed by atoms with van der Waals surface area (Å²) >= 11 is 0. The lowest BCUT2D eigenvalue weighted by atomic mass is 9.97. The average Bonchev–Trinajstić information content (AvgIpc) is 2.50. The van der Waals surface area contributed by atoms with E-state index in [-0.39, 0.29) is 11.8 Å². The van der Waals surface area contributed by atoms with Gasteiger partial charge in [0.05, 0.1) is 6.61 Å². The number of nitrogens with zero attached hydrogens (tertiary/aromatic N) is 1. The smallest absolute Gasteiger partial charge is 0.252 e. The average molecular weight is 293 g/mol. The van der Waals surface area contributed by atoms with Crippen LogP contribution in [-0.4, -0.2) is 12.5 Å². The van der Waals surface area contributed by atoms with Gasteiger partial charge in [0.25, 0.3) is 6.73 Å². The van der Waals surface area contributed by atoms with E-state index in [9.17, 15) is 4.79 Å². The van der Waals surface area contributed by atoms with E-state index in [0.29, 0.717) is 13.3 Å². The van der Waals surface area contributed by atoms with Gasteiger partial charge in [0, 0.05) is 18.1 Å². The monoisotopic (exact) mass is 293 g/mol. The Morgan fingerprint density at radius 1 is 1.10 bits per heavy atom. The molecule has 0 aliphatic carbocycles. The molecule has 0 fully saturated rings. The van der Waals surface area contributed by atoms with E-state index in [2.05, 4.69) is 6.92 Å². The molecule has 1 rings (SSSR count).